The maximum Gasteiger partial charge on any atom is 0.128 e. The summed E-state index contributed by atoms with van der Waals surface area (Å²) in [4.78, 5) is 7.01. The van der Waals surface area contributed by atoms with E-state index in [1.807, 2.05) is 12.1 Å². The fourth-order valence-electron chi connectivity index (χ4n) is 2.60. The number of hydrogen-bond donors (Lipinski definition) is 1. The highest BCUT2D eigenvalue weighted by molar-refractivity contribution is 5.24. The van der Waals surface area contributed by atoms with E-state index in [-0.39, 0.29) is 5.82 Å². The first-order valence-electron chi connectivity index (χ1n) is 7.65. The van der Waals surface area contributed by atoms with Gasteiger partial charge in [0.2, 0.25) is 0 Å². The van der Waals surface area contributed by atoms with Crippen molar-refractivity contribution in [1.29, 1.82) is 0 Å². The van der Waals surface area contributed by atoms with Gasteiger partial charge in [0, 0.05) is 57.9 Å². The highest BCUT2D eigenvalue weighted by atomic mass is 19.1. The molecule has 1 heterocycles. The molecule has 1 saturated heterocycles. The number of nitrogens with two attached hydrogens (primary N) is 1. The molecule has 1 aromatic rings. The minimum atomic E-state index is -0.131. The van der Waals surface area contributed by atoms with E-state index in [0.717, 1.165) is 50.4 Å². The summed E-state index contributed by atoms with van der Waals surface area (Å²) >= 11 is 0. The Morgan fingerprint density at radius 1 is 1.14 bits per heavy atom. The van der Waals surface area contributed by atoms with Crippen molar-refractivity contribution in [3.05, 3.63) is 35.1 Å². The van der Waals surface area contributed by atoms with Crippen LogP contribution in [0.2, 0.25) is 0 Å². The Morgan fingerprint density at radius 2 is 1.81 bits per heavy atom. The molecule has 1 aromatic carbocycles. The van der Waals surface area contributed by atoms with Gasteiger partial charge < -0.3 is 10.6 Å². The summed E-state index contributed by atoms with van der Waals surface area (Å²) in [6.07, 6.45) is 0. The standard InChI is InChI=1S/C16H27FN4/c1-19(2)5-6-20-7-9-21(10-8-20)13-15-4-3-14(12-18)11-16(15)17/h3-4,11H,5-10,12-13,18H2,1-2H3. The lowest BCUT2D eigenvalue weighted by atomic mass is 10.1. The SMILES string of the molecule is CN(C)CCN1CCN(Cc2ccc(CN)cc2F)CC1. The Morgan fingerprint density at radius 3 is 2.38 bits per heavy atom. The van der Waals surface area contributed by atoms with E-state index in [1.54, 1.807) is 6.07 Å². The van der Waals surface area contributed by atoms with Crippen molar-refractivity contribution < 1.29 is 4.39 Å². The van der Waals surface area contributed by atoms with Crippen LogP contribution in [0.1, 0.15) is 11.1 Å². The maximum absolute atomic E-state index is 14.0. The number of rotatable bonds is 6. The van der Waals surface area contributed by atoms with Crippen LogP contribution in [0.5, 0.6) is 0 Å². The number of nitrogens with zero attached hydrogens (tertiary/aromatic N) is 3. The fourth-order valence-corrected chi connectivity index (χ4v) is 2.60. The van der Waals surface area contributed by atoms with Gasteiger partial charge in [0.25, 0.3) is 0 Å². The molecular formula is C16H27FN4. The number of hydrogen-bond acceptors (Lipinski definition) is 4. The van der Waals surface area contributed by atoms with Gasteiger partial charge in [-0.3, -0.25) is 9.80 Å². The average molecular weight is 294 g/mol. The second kappa shape index (κ2) is 7.84. The predicted molar refractivity (Wildman–Crippen MR) is 84.6 cm³/mol. The van der Waals surface area contributed by atoms with Crippen molar-refractivity contribution in [2.24, 2.45) is 5.73 Å². The quantitative estimate of drug-likeness (QED) is 0.848. The zero-order chi connectivity index (χ0) is 15.2. The Labute approximate surface area is 127 Å². The van der Waals surface area contributed by atoms with Crippen molar-refractivity contribution in [3.63, 3.8) is 0 Å². The first-order valence-corrected chi connectivity index (χ1v) is 7.65. The summed E-state index contributed by atoms with van der Waals surface area (Å²) in [5.74, 6) is -0.131. The molecule has 1 fully saturated rings. The van der Waals surface area contributed by atoms with Crippen LogP contribution in [0.3, 0.4) is 0 Å². The molecule has 0 spiro atoms. The van der Waals surface area contributed by atoms with Crippen LogP contribution >= 0.6 is 0 Å². The molecule has 0 atom stereocenters. The van der Waals surface area contributed by atoms with Crippen LogP contribution in [0, 0.1) is 5.82 Å². The van der Waals surface area contributed by atoms with E-state index in [1.165, 1.54) is 0 Å². The molecule has 2 N–H and O–H groups in total. The topological polar surface area (TPSA) is 35.7 Å². The number of likely N-dealkylation sites (N-methyl/N-ethyl adjacent to an activating group) is 1. The highest BCUT2D eigenvalue weighted by Gasteiger charge is 2.17. The highest BCUT2D eigenvalue weighted by Crippen LogP contribution is 2.14. The van der Waals surface area contributed by atoms with Crippen molar-refractivity contribution in [2.45, 2.75) is 13.1 Å². The Balaban J connectivity index is 1.80. The van der Waals surface area contributed by atoms with Gasteiger partial charge in [-0.25, -0.2) is 4.39 Å². The Hall–Kier alpha value is -1.01. The summed E-state index contributed by atoms with van der Waals surface area (Å²) in [5.41, 5.74) is 7.16. The molecule has 21 heavy (non-hydrogen) atoms. The zero-order valence-corrected chi connectivity index (χ0v) is 13.2. The molecule has 5 heteroatoms. The van der Waals surface area contributed by atoms with Gasteiger partial charge in [-0.15, -0.1) is 0 Å². The first kappa shape index (κ1) is 16.4. The third kappa shape index (κ3) is 5.04. The molecule has 0 amide bonds. The van der Waals surface area contributed by atoms with Gasteiger partial charge in [-0.1, -0.05) is 12.1 Å². The van der Waals surface area contributed by atoms with Crippen LogP contribution in [0.4, 0.5) is 4.39 Å². The number of piperazine rings is 1. The van der Waals surface area contributed by atoms with Gasteiger partial charge >= 0.3 is 0 Å². The molecule has 0 unspecified atom stereocenters. The third-order valence-corrected chi connectivity index (χ3v) is 4.08. The van der Waals surface area contributed by atoms with E-state index in [0.29, 0.717) is 13.1 Å². The van der Waals surface area contributed by atoms with Crippen molar-refractivity contribution in [3.8, 4) is 0 Å². The van der Waals surface area contributed by atoms with Crippen LogP contribution in [0.15, 0.2) is 18.2 Å². The summed E-state index contributed by atoms with van der Waals surface area (Å²) in [6, 6.07) is 5.35. The monoisotopic (exact) mass is 294 g/mol. The van der Waals surface area contributed by atoms with Gasteiger partial charge in [-0.05, 0) is 25.7 Å². The zero-order valence-electron chi connectivity index (χ0n) is 13.2. The summed E-state index contributed by atoms with van der Waals surface area (Å²) in [6.45, 7) is 7.43. The smallest absolute Gasteiger partial charge is 0.128 e. The third-order valence-electron chi connectivity index (χ3n) is 4.08. The molecule has 0 aromatic heterocycles. The normalized spacial score (nSPS) is 17.6. The Bertz CT molecular complexity index is 442. The number of halogens is 1. The minimum Gasteiger partial charge on any atom is -0.326 e. The minimum absolute atomic E-state index is 0.131. The summed E-state index contributed by atoms with van der Waals surface area (Å²) < 4.78 is 14.0. The molecule has 0 bridgehead atoms. The van der Waals surface area contributed by atoms with Crippen LogP contribution < -0.4 is 5.73 Å². The van der Waals surface area contributed by atoms with Gasteiger partial charge in [0.05, 0.1) is 0 Å². The molecule has 0 aliphatic carbocycles. The van der Waals surface area contributed by atoms with Gasteiger partial charge in [0.15, 0.2) is 0 Å². The van der Waals surface area contributed by atoms with E-state index in [9.17, 15) is 4.39 Å². The summed E-state index contributed by atoms with van der Waals surface area (Å²) in [7, 11) is 4.20. The molecule has 1 aliphatic rings. The van der Waals surface area contributed by atoms with E-state index < -0.39 is 0 Å². The maximum atomic E-state index is 14.0. The second-order valence-electron chi connectivity index (χ2n) is 6.05. The van der Waals surface area contributed by atoms with E-state index in [4.69, 9.17) is 5.73 Å². The largest absolute Gasteiger partial charge is 0.326 e. The van der Waals surface area contributed by atoms with Crippen LogP contribution in [0.25, 0.3) is 0 Å². The van der Waals surface area contributed by atoms with Crippen molar-refractivity contribution in [2.75, 3.05) is 53.4 Å². The van der Waals surface area contributed by atoms with E-state index in [2.05, 4.69) is 28.8 Å². The van der Waals surface area contributed by atoms with Crippen LogP contribution in [-0.2, 0) is 13.1 Å². The molecule has 4 nitrogen and oxygen atoms in total. The van der Waals surface area contributed by atoms with Crippen molar-refractivity contribution in [1.82, 2.24) is 14.7 Å². The molecule has 0 radical (unpaired) electrons. The molecule has 1 aliphatic heterocycles. The summed E-state index contributed by atoms with van der Waals surface area (Å²) in [5, 5.41) is 0. The molecule has 0 saturated carbocycles. The van der Waals surface area contributed by atoms with Gasteiger partial charge in [0.1, 0.15) is 5.82 Å². The number of benzene rings is 1. The fraction of sp³-hybridized carbons (Fsp3) is 0.625. The first-order chi connectivity index (χ1) is 10.1. The second-order valence-corrected chi connectivity index (χ2v) is 6.05. The van der Waals surface area contributed by atoms with Crippen LogP contribution in [-0.4, -0.2) is 68.1 Å². The lowest BCUT2D eigenvalue weighted by Crippen LogP contribution is -2.47. The Kier molecular flexibility index (Phi) is 6.11. The molecule has 118 valence electrons. The predicted octanol–water partition coefficient (Wildman–Crippen LogP) is 0.964. The molecular weight excluding hydrogens is 267 g/mol. The lowest BCUT2D eigenvalue weighted by molar-refractivity contribution is 0.119. The lowest BCUT2D eigenvalue weighted by Gasteiger charge is -2.35. The average Bonchev–Trinajstić information content (AvgIpc) is 2.48. The van der Waals surface area contributed by atoms with Gasteiger partial charge in [-0.2, -0.15) is 0 Å². The van der Waals surface area contributed by atoms with Crippen molar-refractivity contribution >= 4 is 0 Å². The molecule has 2 rings (SSSR count). The van der Waals surface area contributed by atoms with E-state index >= 15 is 0 Å².